The van der Waals surface area contributed by atoms with Gasteiger partial charge in [-0.1, -0.05) is 0 Å². The number of carbonyl (C=O) groups is 2. The molecule has 1 aromatic carbocycles. The van der Waals surface area contributed by atoms with Crippen LogP contribution in [0.4, 0.5) is 11.4 Å². The van der Waals surface area contributed by atoms with Gasteiger partial charge in [-0.05, 0) is 26.0 Å². The van der Waals surface area contributed by atoms with Crippen molar-refractivity contribution in [3.63, 3.8) is 0 Å². The van der Waals surface area contributed by atoms with E-state index in [2.05, 4.69) is 10.6 Å². The Hall–Kier alpha value is -2.09. The summed E-state index contributed by atoms with van der Waals surface area (Å²) in [5.74, 6) is -1.29. The molecule has 0 heterocycles. The molecular weight excluding hydrogens is 296 g/mol. The lowest BCUT2D eigenvalue weighted by atomic mass is 10.2. The lowest BCUT2D eigenvalue weighted by Gasteiger charge is -2.21. The molecule has 0 saturated carbocycles. The number of carbonyl (C=O) groups excluding carboxylic acids is 2. The maximum atomic E-state index is 12.0. The molecule has 3 N–H and O–H groups in total. The lowest BCUT2D eigenvalue weighted by molar-refractivity contribution is -0.118. The van der Waals surface area contributed by atoms with Crippen molar-refractivity contribution in [2.75, 3.05) is 16.9 Å². The zero-order chi connectivity index (χ0) is 16.4. The van der Waals surface area contributed by atoms with Crippen LogP contribution >= 0.6 is 0 Å². The summed E-state index contributed by atoms with van der Waals surface area (Å²) in [6.45, 7) is 3.89. The molecular formula is C13H18N2O5S. The first kappa shape index (κ1) is 17.0. The number of phenolic OH excluding ortho intramolecular Hbond substituents is 1. The minimum atomic E-state index is -3.59. The molecule has 0 aliphatic carbocycles. The molecule has 0 fully saturated rings. The predicted octanol–water partition coefficient (Wildman–Crippen LogP) is 1.11. The highest BCUT2D eigenvalue weighted by Crippen LogP contribution is 2.27. The largest absolute Gasteiger partial charge is 0.506 e. The molecule has 21 heavy (non-hydrogen) atoms. The fraction of sp³-hybridized carbons (Fsp3) is 0.385. The Morgan fingerprint density at radius 3 is 2.19 bits per heavy atom. The van der Waals surface area contributed by atoms with Crippen LogP contribution in [0, 0.1) is 0 Å². The van der Waals surface area contributed by atoms with E-state index in [1.54, 1.807) is 0 Å². The van der Waals surface area contributed by atoms with Gasteiger partial charge in [-0.2, -0.15) is 0 Å². The number of nitrogens with one attached hydrogen (secondary N) is 2. The molecule has 0 saturated heterocycles. The fourth-order valence-corrected chi connectivity index (χ4v) is 1.74. The molecule has 2 amide bonds. The Labute approximate surface area is 123 Å². The van der Waals surface area contributed by atoms with Gasteiger partial charge in [0.15, 0.2) is 9.84 Å². The standard InChI is InChI=1S/C13H18N2O5S/c1-8(16)14-10-6-5-9(7-11(10)17)15-12(18)13(2,3)21(4,19)20/h5-7,17H,1-4H3,(H,14,16)(H,15,18). The van der Waals surface area contributed by atoms with Crippen molar-refractivity contribution in [3.05, 3.63) is 18.2 Å². The number of aromatic hydroxyl groups is 1. The van der Waals surface area contributed by atoms with Gasteiger partial charge in [-0.3, -0.25) is 9.59 Å². The summed E-state index contributed by atoms with van der Waals surface area (Å²) in [7, 11) is -3.59. The van der Waals surface area contributed by atoms with Gasteiger partial charge in [-0.15, -0.1) is 0 Å². The quantitative estimate of drug-likeness (QED) is 0.721. The normalized spacial score (nSPS) is 11.8. The van der Waals surface area contributed by atoms with Gasteiger partial charge in [0, 0.05) is 24.9 Å². The van der Waals surface area contributed by atoms with E-state index in [0.29, 0.717) is 0 Å². The third-order valence-electron chi connectivity index (χ3n) is 3.04. The second-order valence-corrected chi connectivity index (χ2v) is 7.71. The molecule has 0 aliphatic rings. The van der Waals surface area contributed by atoms with Crippen LogP contribution in [0.15, 0.2) is 18.2 Å². The molecule has 1 aromatic rings. The van der Waals surface area contributed by atoms with Crippen molar-refractivity contribution in [3.8, 4) is 5.75 Å². The summed E-state index contributed by atoms with van der Waals surface area (Å²) < 4.78 is 21.5. The summed E-state index contributed by atoms with van der Waals surface area (Å²) in [5.41, 5.74) is 0.422. The minimum absolute atomic E-state index is 0.197. The number of benzene rings is 1. The average Bonchev–Trinajstić information content (AvgIpc) is 2.30. The minimum Gasteiger partial charge on any atom is -0.506 e. The van der Waals surface area contributed by atoms with Crippen LogP contribution in [0.3, 0.4) is 0 Å². The van der Waals surface area contributed by atoms with Crippen molar-refractivity contribution in [2.45, 2.75) is 25.5 Å². The number of rotatable bonds is 4. The number of hydrogen-bond donors (Lipinski definition) is 3. The van der Waals surface area contributed by atoms with E-state index in [1.807, 2.05) is 0 Å². The average molecular weight is 314 g/mol. The summed E-state index contributed by atoms with van der Waals surface area (Å²) >= 11 is 0. The van der Waals surface area contributed by atoms with E-state index in [-0.39, 0.29) is 23.0 Å². The van der Waals surface area contributed by atoms with Crippen LogP contribution in [-0.2, 0) is 19.4 Å². The number of phenols is 1. The van der Waals surface area contributed by atoms with E-state index in [4.69, 9.17) is 0 Å². The van der Waals surface area contributed by atoms with Gasteiger partial charge in [0.25, 0.3) is 0 Å². The Balaban J connectivity index is 2.97. The second-order valence-electron chi connectivity index (χ2n) is 5.15. The molecule has 7 nitrogen and oxygen atoms in total. The maximum Gasteiger partial charge on any atom is 0.245 e. The van der Waals surface area contributed by atoms with Crippen molar-refractivity contribution >= 4 is 33.0 Å². The Morgan fingerprint density at radius 2 is 1.76 bits per heavy atom. The van der Waals surface area contributed by atoms with Gasteiger partial charge in [0.2, 0.25) is 11.8 Å². The maximum absolute atomic E-state index is 12.0. The first-order valence-electron chi connectivity index (χ1n) is 6.07. The van der Waals surface area contributed by atoms with E-state index in [1.165, 1.54) is 39.0 Å². The number of amides is 2. The molecule has 0 aromatic heterocycles. The lowest BCUT2D eigenvalue weighted by Crippen LogP contribution is -2.43. The van der Waals surface area contributed by atoms with Crippen LogP contribution in [0.1, 0.15) is 20.8 Å². The van der Waals surface area contributed by atoms with Gasteiger partial charge >= 0.3 is 0 Å². The van der Waals surface area contributed by atoms with Crippen molar-refractivity contribution in [1.29, 1.82) is 0 Å². The predicted molar refractivity (Wildman–Crippen MR) is 80.0 cm³/mol. The highest BCUT2D eigenvalue weighted by molar-refractivity contribution is 7.92. The van der Waals surface area contributed by atoms with E-state index >= 15 is 0 Å². The molecule has 116 valence electrons. The molecule has 0 bridgehead atoms. The monoisotopic (exact) mass is 314 g/mol. The van der Waals surface area contributed by atoms with Crippen molar-refractivity contribution < 1.29 is 23.1 Å². The smallest absolute Gasteiger partial charge is 0.245 e. The van der Waals surface area contributed by atoms with E-state index in [9.17, 15) is 23.1 Å². The zero-order valence-corrected chi connectivity index (χ0v) is 13.0. The zero-order valence-electron chi connectivity index (χ0n) is 12.2. The number of sulfone groups is 1. The first-order chi connectivity index (χ1) is 9.45. The third-order valence-corrected chi connectivity index (χ3v) is 5.08. The van der Waals surface area contributed by atoms with Gasteiger partial charge < -0.3 is 15.7 Å². The van der Waals surface area contributed by atoms with E-state index < -0.39 is 20.5 Å². The van der Waals surface area contributed by atoms with Gasteiger partial charge in [-0.25, -0.2) is 8.42 Å². The summed E-state index contributed by atoms with van der Waals surface area (Å²) in [4.78, 5) is 22.9. The first-order valence-corrected chi connectivity index (χ1v) is 7.96. The summed E-state index contributed by atoms with van der Waals surface area (Å²) in [5, 5.41) is 14.6. The molecule has 8 heteroatoms. The number of hydrogen-bond acceptors (Lipinski definition) is 5. The van der Waals surface area contributed by atoms with Crippen molar-refractivity contribution in [1.82, 2.24) is 0 Å². The summed E-state index contributed by atoms with van der Waals surface area (Å²) in [6.07, 6.45) is 0.976. The Kier molecular flexibility index (Phi) is 4.62. The highest BCUT2D eigenvalue weighted by atomic mass is 32.2. The van der Waals surface area contributed by atoms with E-state index in [0.717, 1.165) is 6.26 Å². The van der Waals surface area contributed by atoms with Gasteiger partial charge in [0.05, 0.1) is 5.69 Å². The van der Waals surface area contributed by atoms with Crippen LogP contribution < -0.4 is 10.6 Å². The fourth-order valence-electron chi connectivity index (χ4n) is 1.35. The van der Waals surface area contributed by atoms with Crippen LogP contribution in [-0.4, -0.2) is 36.3 Å². The molecule has 0 spiro atoms. The van der Waals surface area contributed by atoms with Gasteiger partial charge in [0.1, 0.15) is 10.5 Å². The summed E-state index contributed by atoms with van der Waals surface area (Å²) in [6, 6.07) is 4.07. The van der Waals surface area contributed by atoms with Crippen LogP contribution in [0.25, 0.3) is 0 Å². The van der Waals surface area contributed by atoms with Crippen molar-refractivity contribution in [2.24, 2.45) is 0 Å². The molecule has 0 aliphatic heterocycles. The molecule has 1 rings (SSSR count). The topological polar surface area (TPSA) is 113 Å². The second kappa shape index (κ2) is 5.72. The third kappa shape index (κ3) is 3.94. The Bertz CT molecular complexity index is 680. The molecule has 0 unspecified atom stereocenters. The Morgan fingerprint density at radius 1 is 1.19 bits per heavy atom. The highest BCUT2D eigenvalue weighted by Gasteiger charge is 2.38. The SMILES string of the molecule is CC(=O)Nc1ccc(NC(=O)C(C)(C)S(C)(=O)=O)cc1O. The molecule has 0 atom stereocenters. The van der Waals surface area contributed by atoms with Crippen LogP contribution in [0.5, 0.6) is 5.75 Å². The number of anilines is 2. The van der Waals surface area contributed by atoms with Crippen LogP contribution in [0.2, 0.25) is 0 Å². The molecule has 0 radical (unpaired) electrons.